The SMILES string of the molecule is CCC[C@H](NC(=O)[C@@H]1C[C@@]2(CN1C(=O)[C@@H](NC(=O)[C@@H](NC(=O)[C@@H]1CCCCN1C(C)C)C(C)(C)C)C(C)(C)C)C(C)(C)C21CCC1)C(=O)C(=O)NC1CCC1. The van der Waals surface area contributed by atoms with Crippen molar-refractivity contribution >= 4 is 35.3 Å². The minimum Gasteiger partial charge on any atom is -0.347 e. The van der Waals surface area contributed by atoms with Crippen LogP contribution in [-0.4, -0.2) is 101 Å². The van der Waals surface area contributed by atoms with E-state index in [4.69, 9.17) is 0 Å². The molecule has 0 unspecified atom stereocenters. The lowest BCUT2D eigenvalue weighted by atomic mass is 9.73. The molecule has 3 saturated carbocycles. The van der Waals surface area contributed by atoms with Crippen molar-refractivity contribution in [1.29, 1.82) is 0 Å². The highest BCUT2D eigenvalue weighted by Crippen LogP contribution is 2.88. The number of hydrogen-bond acceptors (Lipinski definition) is 7. The molecule has 0 radical (unpaired) electrons. The molecule has 4 N–H and O–H groups in total. The Hall–Kier alpha value is -3.02. The molecule has 310 valence electrons. The highest BCUT2D eigenvalue weighted by molar-refractivity contribution is 6.38. The lowest BCUT2D eigenvalue weighted by molar-refractivity contribution is -0.146. The zero-order chi connectivity index (χ0) is 40.9. The summed E-state index contributed by atoms with van der Waals surface area (Å²) in [5.41, 5.74) is -1.76. The van der Waals surface area contributed by atoms with Crippen LogP contribution in [0.2, 0.25) is 0 Å². The predicted octanol–water partition coefficient (Wildman–Crippen LogP) is 4.63. The Morgan fingerprint density at radius 3 is 1.85 bits per heavy atom. The Kier molecular flexibility index (Phi) is 12.3. The van der Waals surface area contributed by atoms with Gasteiger partial charge in [-0.2, -0.15) is 0 Å². The summed E-state index contributed by atoms with van der Waals surface area (Å²) < 4.78 is 0. The van der Waals surface area contributed by atoms with Crippen molar-refractivity contribution in [2.24, 2.45) is 27.1 Å². The van der Waals surface area contributed by atoms with Crippen LogP contribution in [-0.2, 0) is 28.8 Å². The number of carbonyl (C=O) groups is 6. The van der Waals surface area contributed by atoms with Crippen LogP contribution in [0.1, 0.15) is 153 Å². The molecule has 12 heteroatoms. The van der Waals surface area contributed by atoms with E-state index in [0.29, 0.717) is 25.8 Å². The second kappa shape index (κ2) is 15.7. The zero-order valence-electron chi connectivity index (χ0n) is 35.8. The molecule has 5 aliphatic rings. The van der Waals surface area contributed by atoms with E-state index in [-0.39, 0.29) is 46.2 Å². The van der Waals surface area contributed by atoms with Crippen molar-refractivity contribution in [3.63, 3.8) is 0 Å². The van der Waals surface area contributed by atoms with Crippen molar-refractivity contribution < 1.29 is 28.8 Å². The quantitative estimate of drug-likeness (QED) is 0.199. The Bertz CT molecular complexity index is 1500. The lowest BCUT2D eigenvalue weighted by Crippen LogP contribution is -2.64. The lowest BCUT2D eigenvalue weighted by Gasteiger charge is -2.40. The molecule has 55 heavy (non-hydrogen) atoms. The Morgan fingerprint density at radius 1 is 0.745 bits per heavy atom. The minimum atomic E-state index is -1.01. The van der Waals surface area contributed by atoms with E-state index < -0.39 is 58.5 Å². The van der Waals surface area contributed by atoms with Gasteiger partial charge in [0.25, 0.3) is 5.91 Å². The second-order valence-corrected chi connectivity index (χ2v) is 20.6. The largest absolute Gasteiger partial charge is 0.347 e. The summed E-state index contributed by atoms with van der Waals surface area (Å²) in [6, 6.07) is -3.95. The third-order valence-corrected chi connectivity index (χ3v) is 14.6. The molecule has 3 aliphatic carbocycles. The first-order valence-electron chi connectivity index (χ1n) is 21.3. The molecule has 6 atom stereocenters. The van der Waals surface area contributed by atoms with Gasteiger partial charge < -0.3 is 26.2 Å². The van der Waals surface area contributed by atoms with Crippen LogP contribution in [0.3, 0.4) is 0 Å². The van der Waals surface area contributed by atoms with Gasteiger partial charge in [0, 0.05) is 24.0 Å². The third-order valence-electron chi connectivity index (χ3n) is 14.6. The number of Topliss-reactive ketones (excluding diaryl/α,β-unsaturated/α-hetero) is 1. The van der Waals surface area contributed by atoms with Gasteiger partial charge in [0.15, 0.2) is 0 Å². The van der Waals surface area contributed by atoms with E-state index in [0.717, 1.165) is 64.3 Å². The number of hydrogen-bond donors (Lipinski definition) is 4. The smallest absolute Gasteiger partial charge is 0.289 e. The van der Waals surface area contributed by atoms with Crippen molar-refractivity contribution in [2.45, 2.75) is 196 Å². The predicted molar refractivity (Wildman–Crippen MR) is 212 cm³/mol. The van der Waals surface area contributed by atoms with Gasteiger partial charge in [0.2, 0.25) is 29.4 Å². The summed E-state index contributed by atoms with van der Waals surface area (Å²) in [7, 11) is 0. The molecule has 2 spiro atoms. The van der Waals surface area contributed by atoms with Gasteiger partial charge in [-0.15, -0.1) is 0 Å². The number of nitrogens with one attached hydrogen (secondary N) is 4. The fourth-order valence-electron chi connectivity index (χ4n) is 10.7. The van der Waals surface area contributed by atoms with Crippen molar-refractivity contribution in [2.75, 3.05) is 13.1 Å². The average Bonchev–Trinajstić information content (AvgIpc) is 3.27. The van der Waals surface area contributed by atoms with Gasteiger partial charge in [0.1, 0.15) is 18.1 Å². The van der Waals surface area contributed by atoms with Crippen LogP contribution >= 0.6 is 0 Å². The number of ketones is 1. The van der Waals surface area contributed by atoms with Gasteiger partial charge >= 0.3 is 0 Å². The maximum absolute atomic E-state index is 15.1. The van der Waals surface area contributed by atoms with E-state index in [1.165, 1.54) is 0 Å². The second-order valence-electron chi connectivity index (χ2n) is 20.6. The molecule has 0 aromatic carbocycles. The topological polar surface area (TPSA) is 157 Å². The van der Waals surface area contributed by atoms with Gasteiger partial charge in [-0.3, -0.25) is 33.7 Å². The van der Waals surface area contributed by atoms with Crippen molar-refractivity contribution in [3.05, 3.63) is 0 Å². The molecule has 5 fully saturated rings. The summed E-state index contributed by atoms with van der Waals surface area (Å²) >= 11 is 0. The van der Waals surface area contributed by atoms with Crippen LogP contribution in [0.5, 0.6) is 0 Å². The fraction of sp³-hybridized carbons (Fsp3) is 0.860. The number of rotatable bonds is 13. The first-order chi connectivity index (χ1) is 25.5. The summed E-state index contributed by atoms with van der Waals surface area (Å²) in [5, 5.41) is 11.9. The standard InChI is InChI=1S/C43H72N6O6/c1-12-17-28(31(50)36(53)44-27-18-15-19-27)45-35(52)30-24-43(41(10,11)42(43)21-16-22-42)25-49(30)38(55)33(40(7,8)9)47-37(54)32(39(4,5)6)46-34(51)29-20-13-14-23-48(29)26(2)3/h26-30,32-33H,12-25H2,1-11H3,(H,44,53)(H,45,52)(H,46,51)(H,47,54)/t28-,29-,30-,32+,33+,43+/m0/s1. The molecule has 0 aromatic rings. The van der Waals surface area contributed by atoms with Gasteiger partial charge in [0.05, 0.1) is 12.1 Å². The molecule has 2 heterocycles. The number of carbonyl (C=O) groups excluding carboxylic acids is 6. The van der Waals surface area contributed by atoms with Crippen molar-refractivity contribution in [3.8, 4) is 0 Å². The molecular formula is C43H72N6O6. The van der Waals surface area contributed by atoms with Crippen LogP contribution < -0.4 is 21.3 Å². The van der Waals surface area contributed by atoms with E-state index in [9.17, 15) is 24.0 Å². The number of nitrogens with zero attached hydrogens (tertiary/aromatic N) is 2. The van der Waals surface area contributed by atoms with Crippen LogP contribution in [0.4, 0.5) is 0 Å². The molecule has 2 saturated heterocycles. The first kappa shape index (κ1) is 43.1. The number of fused-ring (bicyclic) bond motifs is 1. The van der Waals surface area contributed by atoms with E-state index in [2.05, 4.69) is 53.9 Å². The summed E-state index contributed by atoms with van der Waals surface area (Å²) in [6.45, 7) is 23.2. The Morgan fingerprint density at radius 2 is 1.36 bits per heavy atom. The molecule has 5 amide bonds. The fourth-order valence-corrected chi connectivity index (χ4v) is 10.7. The first-order valence-corrected chi connectivity index (χ1v) is 21.3. The van der Waals surface area contributed by atoms with E-state index in [1.807, 2.05) is 48.5 Å². The summed E-state index contributed by atoms with van der Waals surface area (Å²) in [5.74, 6) is -2.74. The maximum atomic E-state index is 15.1. The number of amides is 5. The minimum absolute atomic E-state index is 0.00858. The summed E-state index contributed by atoms with van der Waals surface area (Å²) in [4.78, 5) is 88.0. The highest BCUT2D eigenvalue weighted by Gasteiger charge is 2.85. The van der Waals surface area contributed by atoms with Crippen LogP contribution in [0.15, 0.2) is 0 Å². The third kappa shape index (κ3) is 7.96. The Labute approximate surface area is 330 Å². The van der Waals surface area contributed by atoms with Gasteiger partial charge in [-0.1, -0.05) is 81.6 Å². The van der Waals surface area contributed by atoms with Crippen molar-refractivity contribution in [1.82, 2.24) is 31.1 Å². The molecule has 5 rings (SSSR count). The number of piperidine rings is 1. The van der Waals surface area contributed by atoms with E-state index >= 15 is 4.79 Å². The van der Waals surface area contributed by atoms with Crippen LogP contribution in [0.25, 0.3) is 0 Å². The summed E-state index contributed by atoms with van der Waals surface area (Å²) in [6.07, 6.45) is 9.92. The number of likely N-dealkylation sites (tertiary alicyclic amines) is 2. The van der Waals surface area contributed by atoms with Gasteiger partial charge in [-0.25, -0.2) is 0 Å². The Balaban J connectivity index is 1.40. The van der Waals surface area contributed by atoms with E-state index in [1.54, 1.807) is 4.90 Å². The highest BCUT2D eigenvalue weighted by atomic mass is 16.2. The molecular weight excluding hydrogens is 697 g/mol. The zero-order valence-corrected chi connectivity index (χ0v) is 35.8. The van der Waals surface area contributed by atoms with Gasteiger partial charge in [-0.05, 0) is 99.8 Å². The maximum Gasteiger partial charge on any atom is 0.289 e. The average molecular weight is 769 g/mol. The molecule has 0 aromatic heterocycles. The molecule has 0 bridgehead atoms. The van der Waals surface area contributed by atoms with Crippen LogP contribution in [0, 0.1) is 27.1 Å². The monoisotopic (exact) mass is 769 g/mol. The molecule has 2 aliphatic heterocycles. The normalized spacial score (nSPS) is 27.7. The molecule has 12 nitrogen and oxygen atoms in total.